The largest absolute Gasteiger partial charge is 0.496 e. The molecule has 1 unspecified atom stereocenters. The molecular formula is C15H20O4. The summed E-state index contributed by atoms with van der Waals surface area (Å²) in [5.41, 5.74) is 1.63. The van der Waals surface area contributed by atoms with Crippen molar-refractivity contribution in [3.63, 3.8) is 0 Å². The fourth-order valence-electron chi connectivity index (χ4n) is 2.17. The highest BCUT2D eigenvalue weighted by atomic mass is 16.5. The van der Waals surface area contributed by atoms with Crippen molar-refractivity contribution < 1.29 is 19.0 Å². The smallest absolute Gasteiger partial charge is 0.192 e. The van der Waals surface area contributed by atoms with Crippen LogP contribution in [0.25, 0.3) is 0 Å². The van der Waals surface area contributed by atoms with Gasteiger partial charge >= 0.3 is 0 Å². The predicted octanol–water partition coefficient (Wildman–Crippen LogP) is 2.38. The van der Waals surface area contributed by atoms with Gasteiger partial charge in [0.1, 0.15) is 12.4 Å². The first-order valence-electron chi connectivity index (χ1n) is 6.58. The van der Waals surface area contributed by atoms with Crippen LogP contribution in [0.15, 0.2) is 18.2 Å². The molecule has 1 aliphatic rings. The van der Waals surface area contributed by atoms with Crippen LogP contribution >= 0.6 is 0 Å². The van der Waals surface area contributed by atoms with Gasteiger partial charge in [-0.1, -0.05) is 6.07 Å². The van der Waals surface area contributed by atoms with E-state index in [0.717, 1.165) is 25.0 Å². The summed E-state index contributed by atoms with van der Waals surface area (Å²) in [4.78, 5) is 12.1. The van der Waals surface area contributed by atoms with E-state index in [2.05, 4.69) is 0 Å². The maximum Gasteiger partial charge on any atom is 0.192 e. The number of benzene rings is 1. The van der Waals surface area contributed by atoms with Crippen molar-refractivity contribution in [2.24, 2.45) is 0 Å². The summed E-state index contributed by atoms with van der Waals surface area (Å²) >= 11 is 0. The molecule has 0 spiro atoms. The van der Waals surface area contributed by atoms with Gasteiger partial charge in [-0.3, -0.25) is 4.79 Å². The van der Waals surface area contributed by atoms with Crippen molar-refractivity contribution in [2.75, 3.05) is 26.9 Å². The van der Waals surface area contributed by atoms with Crippen LogP contribution in [0.5, 0.6) is 5.75 Å². The Morgan fingerprint density at radius 2 is 2.32 bits per heavy atom. The van der Waals surface area contributed by atoms with Crippen molar-refractivity contribution in [1.82, 2.24) is 0 Å². The normalized spacial score (nSPS) is 18.5. The van der Waals surface area contributed by atoms with E-state index in [4.69, 9.17) is 14.2 Å². The van der Waals surface area contributed by atoms with E-state index >= 15 is 0 Å². The molecule has 0 amide bonds. The number of aryl methyl sites for hydroxylation is 1. The molecule has 1 aromatic carbocycles. The molecule has 1 saturated heterocycles. The summed E-state index contributed by atoms with van der Waals surface area (Å²) < 4.78 is 16.1. The third-order valence-electron chi connectivity index (χ3n) is 3.22. The monoisotopic (exact) mass is 264 g/mol. The highest BCUT2D eigenvalue weighted by Gasteiger charge is 2.17. The van der Waals surface area contributed by atoms with E-state index in [9.17, 15) is 4.79 Å². The van der Waals surface area contributed by atoms with Crippen molar-refractivity contribution >= 4 is 5.78 Å². The Hall–Kier alpha value is -1.39. The fourth-order valence-corrected chi connectivity index (χ4v) is 2.17. The van der Waals surface area contributed by atoms with Crippen molar-refractivity contribution in [2.45, 2.75) is 25.9 Å². The maximum atomic E-state index is 12.1. The van der Waals surface area contributed by atoms with Gasteiger partial charge in [0, 0.05) is 6.61 Å². The molecule has 1 aromatic rings. The number of hydrogen-bond donors (Lipinski definition) is 0. The number of hydrogen-bond acceptors (Lipinski definition) is 4. The van der Waals surface area contributed by atoms with Gasteiger partial charge in [-0.2, -0.15) is 0 Å². The topological polar surface area (TPSA) is 44.8 Å². The van der Waals surface area contributed by atoms with Gasteiger partial charge in [0.15, 0.2) is 5.78 Å². The minimum Gasteiger partial charge on any atom is -0.496 e. The Morgan fingerprint density at radius 1 is 1.47 bits per heavy atom. The number of methoxy groups -OCH3 is 1. The molecule has 4 heteroatoms. The van der Waals surface area contributed by atoms with Crippen LogP contribution in [0, 0.1) is 6.92 Å². The third-order valence-corrected chi connectivity index (χ3v) is 3.22. The van der Waals surface area contributed by atoms with E-state index in [0.29, 0.717) is 17.9 Å². The number of ketones is 1. The SMILES string of the molecule is COc1cc(C)ccc1C(=O)COCC1CCCO1. The first kappa shape index (κ1) is 14.0. The van der Waals surface area contributed by atoms with Gasteiger partial charge in [0.05, 0.1) is 25.4 Å². The molecule has 0 aliphatic carbocycles. The van der Waals surface area contributed by atoms with E-state index in [-0.39, 0.29) is 18.5 Å². The average Bonchev–Trinajstić information content (AvgIpc) is 2.91. The molecule has 1 aliphatic heterocycles. The highest BCUT2D eigenvalue weighted by Crippen LogP contribution is 2.20. The highest BCUT2D eigenvalue weighted by molar-refractivity contribution is 5.99. The maximum absolute atomic E-state index is 12.1. The second-order valence-electron chi connectivity index (χ2n) is 4.78. The lowest BCUT2D eigenvalue weighted by molar-refractivity contribution is 0.0189. The van der Waals surface area contributed by atoms with Crippen LogP contribution in [0.3, 0.4) is 0 Å². The zero-order valence-electron chi connectivity index (χ0n) is 11.5. The molecule has 1 heterocycles. The van der Waals surface area contributed by atoms with E-state index in [1.165, 1.54) is 0 Å². The summed E-state index contributed by atoms with van der Waals surface area (Å²) in [5, 5.41) is 0. The molecule has 0 saturated carbocycles. The molecule has 0 radical (unpaired) electrons. The van der Waals surface area contributed by atoms with Crippen LogP contribution in [-0.2, 0) is 9.47 Å². The van der Waals surface area contributed by atoms with Gasteiger partial charge < -0.3 is 14.2 Å². The molecule has 0 bridgehead atoms. The van der Waals surface area contributed by atoms with Crippen LogP contribution in [0.4, 0.5) is 0 Å². The van der Waals surface area contributed by atoms with Gasteiger partial charge in [-0.05, 0) is 37.5 Å². The molecule has 1 fully saturated rings. The average molecular weight is 264 g/mol. The van der Waals surface area contributed by atoms with Gasteiger partial charge in [-0.15, -0.1) is 0 Å². The summed E-state index contributed by atoms with van der Waals surface area (Å²) in [6.45, 7) is 3.32. The lowest BCUT2D eigenvalue weighted by Crippen LogP contribution is -2.18. The van der Waals surface area contributed by atoms with Crippen molar-refractivity contribution in [3.8, 4) is 5.75 Å². The van der Waals surface area contributed by atoms with Crippen LogP contribution < -0.4 is 4.74 Å². The first-order valence-corrected chi connectivity index (χ1v) is 6.58. The van der Waals surface area contributed by atoms with Crippen molar-refractivity contribution in [3.05, 3.63) is 29.3 Å². The molecular weight excluding hydrogens is 244 g/mol. The first-order chi connectivity index (χ1) is 9.20. The fraction of sp³-hybridized carbons (Fsp3) is 0.533. The molecule has 2 rings (SSSR count). The summed E-state index contributed by atoms with van der Waals surface area (Å²) in [6.07, 6.45) is 2.24. The summed E-state index contributed by atoms with van der Waals surface area (Å²) in [6, 6.07) is 5.54. The lowest BCUT2D eigenvalue weighted by Gasteiger charge is -2.11. The number of carbonyl (C=O) groups is 1. The molecule has 104 valence electrons. The van der Waals surface area contributed by atoms with Gasteiger partial charge in [0.2, 0.25) is 0 Å². The second kappa shape index (κ2) is 6.68. The van der Waals surface area contributed by atoms with Gasteiger partial charge in [-0.25, -0.2) is 0 Å². The Morgan fingerprint density at radius 3 is 3.00 bits per heavy atom. The van der Waals surface area contributed by atoms with E-state index in [1.807, 2.05) is 19.1 Å². The van der Waals surface area contributed by atoms with Crippen LogP contribution in [-0.4, -0.2) is 38.8 Å². The number of rotatable bonds is 6. The minimum atomic E-state index is -0.0603. The summed E-state index contributed by atoms with van der Waals surface area (Å²) in [7, 11) is 1.57. The third kappa shape index (κ3) is 3.78. The zero-order chi connectivity index (χ0) is 13.7. The Labute approximate surface area is 113 Å². The zero-order valence-corrected chi connectivity index (χ0v) is 11.5. The minimum absolute atomic E-state index is 0.0603. The lowest BCUT2D eigenvalue weighted by atomic mass is 10.1. The predicted molar refractivity (Wildman–Crippen MR) is 71.9 cm³/mol. The van der Waals surface area contributed by atoms with Crippen LogP contribution in [0.1, 0.15) is 28.8 Å². The number of carbonyl (C=O) groups excluding carboxylic acids is 1. The quantitative estimate of drug-likeness (QED) is 0.740. The molecule has 19 heavy (non-hydrogen) atoms. The number of ether oxygens (including phenoxy) is 3. The van der Waals surface area contributed by atoms with Crippen LogP contribution in [0.2, 0.25) is 0 Å². The van der Waals surface area contributed by atoms with E-state index in [1.54, 1.807) is 13.2 Å². The number of Topliss-reactive ketones (excluding diaryl/α,β-unsaturated/α-hetero) is 1. The standard InChI is InChI=1S/C15H20O4/c1-11-5-6-13(15(8-11)17-2)14(16)10-18-9-12-4-3-7-19-12/h5-6,8,12H,3-4,7,9-10H2,1-2H3. The Kier molecular flexibility index (Phi) is 4.93. The molecule has 0 N–H and O–H groups in total. The molecule has 0 aromatic heterocycles. The van der Waals surface area contributed by atoms with Gasteiger partial charge in [0.25, 0.3) is 0 Å². The summed E-state index contributed by atoms with van der Waals surface area (Å²) in [5.74, 6) is 0.542. The Balaban J connectivity index is 1.88. The Bertz CT molecular complexity index is 436. The molecule has 4 nitrogen and oxygen atoms in total. The van der Waals surface area contributed by atoms with E-state index < -0.39 is 0 Å². The van der Waals surface area contributed by atoms with Crippen molar-refractivity contribution in [1.29, 1.82) is 0 Å². The second-order valence-corrected chi connectivity index (χ2v) is 4.78. The molecule has 1 atom stereocenters.